The van der Waals surface area contributed by atoms with Crippen LogP contribution in [0.5, 0.6) is 0 Å². The molecule has 0 saturated heterocycles. The van der Waals surface area contributed by atoms with Crippen LogP contribution in [0, 0.1) is 20.8 Å². The van der Waals surface area contributed by atoms with Gasteiger partial charge in [-0.05, 0) is 44.7 Å². The molecule has 1 N–H and O–H groups in total. The summed E-state index contributed by atoms with van der Waals surface area (Å²) in [6.07, 6.45) is 0. The summed E-state index contributed by atoms with van der Waals surface area (Å²) in [5.41, 5.74) is 2.59. The lowest BCUT2D eigenvalue weighted by molar-refractivity contribution is 0.0477. The first-order valence-electron chi connectivity index (χ1n) is 8.21. The molecule has 0 fully saturated rings. The molecule has 140 valence electrons. The lowest BCUT2D eigenvalue weighted by atomic mass is 10.1. The monoisotopic (exact) mass is 402 g/mol. The van der Waals surface area contributed by atoms with Crippen molar-refractivity contribution in [3.8, 4) is 9.88 Å². The molecule has 0 aliphatic heterocycles. The molecule has 0 aliphatic rings. The lowest BCUT2D eigenvalue weighted by Crippen LogP contribution is -2.15. The van der Waals surface area contributed by atoms with Gasteiger partial charge in [0.15, 0.2) is 12.4 Å². The van der Waals surface area contributed by atoms with Gasteiger partial charge >= 0.3 is 5.97 Å². The molecule has 0 bridgehead atoms. The summed E-state index contributed by atoms with van der Waals surface area (Å²) in [5.74, 6) is -1.07. The van der Waals surface area contributed by atoms with Crippen LogP contribution in [0.25, 0.3) is 9.88 Å². The Balaban J connectivity index is 1.72. The van der Waals surface area contributed by atoms with Gasteiger partial charge in [-0.25, -0.2) is 9.78 Å². The number of H-pyrrole nitrogens is 1. The average molecular weight is 402 g/mol. The van der Waals surface area contributed by atoms with E-state index in [1.807, 2.05) is 17.5 Å². The summed E-state index contributed by atoms with van der Waals surface area (Å²) in [4.78, 5) is 45.2. The summed E-state index contributed by atoms with van der Waals surface area (Å²) >= 11 is 2.79. The molecule has 0 amide bonds. The fourth-order valence-corrected chi connectivity index (χ4v) is 4.67. The summed E-state index contributed by atoms with van der Waals surface area (Å²) in [7, 11) is 0. The number of aromatic nitrogens is 2. The molecule has 3 heterocycles. The zero-order chi connectivity index (χ0) is 19.7. The van der Waals surface area contributed by atoms with Crippen LogP contribution in [0.2, 0.25) is 0 Å². The van der Waals surface area contributed by atoms with E-state index in [1.165, 1.54) is 18.3 Å². The molecular formula is C19H18N2O4S2. The Labute approximate surface area is 164 Å². The standard InChI is InChI=1S/C19H18N2O4S2/c1-9-15(12(4)22)10(2)20-16(9)13(23)8-25-19(24)17-11(3)21-18(27-17)14-6-5-7-26-14/h5-7,20H,8H2,1-4H3. The van der Waals surface area contributed by atoms with Gasteiger partial charge in [-0.3, -0.25) is 9.59 Å². The van der Waals surface area contributed by atoms with Gasteiger partial charge in [0.2, 0.25) is 5.78 Å². The van der Waals surface area contributed by atoms with Crippen LogP contribution >= 0.6 is 22.7 Å². The number of hydrogen-bond acceptors (Lipinski definition) is 7. The number of ether oxygens (including phenoxy) is 1. The summed E-state index contributed by atoms with van der Waals surface area (Å²) in [5, 5.41) is 2.70. The number of hydrogen-bond donors (Lipinski definition) is 1. The lowest BCUT2D eigenvalue weighted by Gasteiger charge is -2.03. The smallest absolute Gasteiger partial charge is 0.350 e. The third kappa shape index (κ3) is 3.77. The second kappa shape index (κ2) is 7.58. The zero-order valence-corrected chi connectivity index (χ0v) is 17.0. The number of thiazole rings is 1. The molecule has 0 unspecified atom stereocenters. The van der Waals surface area contributed by atoms with Crippen LogP contribution in [0.15, 0.2) is 17.5 Å². The predicted octanol–water partition coefficient (Wildman–Crippen LogP) is 4.37. The van der Waals surface area contributed by atoms with Crippen molar-refractivity contribution in [3.63, 3.8) is 0 Å². The Hall–Kier alpha value is -2.58. The molecule has 3 aromatic rings. The van der Waals surface area contributed by atoms with Crippen LogP contribution in [0.3, 0.4) is 0 Å². The van der Waals surface area contributed by atoms with Crippen molar-refractivity contribution < 1.29 is 19.1 Å². The maximum absolute atomic E-state index is 12.4. The number of rotatable bonds is 6. The number of thiophene rings is 1. The van der Waals surface area contributed by atoms with Crippen molar-refractivity contribution in [1.82, 2.24) is 9.97 Å². The van der Waals surface area contributed by atoms with Crippen molar-refractivity contribution in [2.24, 2.45) is 0 Å². The van der Waals surface area contributed by atoms with Crippen LogP contribution in [0.4, 0.5) is 0 Å². The number of nitrogens with zero attached hydrogens (tertiary/aromatic N) is 1. The first kappa shape index (κ1) is 19.2. The second-order valence-electron chi connectivity index (χ2n) is 6.09. The van der Waals surface area contributed by atoms with E-state index in [9.17, 15) is 14.4 Å². The number of aryl methyl sites for hydroxylation is 2. The molecule has 0 radical (unpaired) electrons. The normalized spacial score (nSPS) is 10.8. The minimum absolute atomic E-state index is 0.112. The Morgan fingerprint density at radius 2 is 1.96 bits per heavy atom. The Morgan fingerprint density at radius 1 is 1.22 bits per heavy atom. The largest absolute Gasteiger partial charge is 0.453 e. The predicted molar refractivity (Wildman–Crippen MR) is 105 cm³/mol. The van der Waals surface area contributed by atoms with E-state index < -0.39 is 12.6 Å². The summed E-state index contributed by atoms with van der Waals surface area (Å²) in [6.45, 7) is 6.23. The molecular weight excluding hydrogens is 384 g/mol. The first-order chi connectivity index (χ1) is 12.8. The maximum Gasteiger partial charge on any atom is 0.350 e. The van der Waals surface area contributed by atoms with Crippen LogP contribution in [-0.2, 0) is 4.74 Å². The van der Waals surface area contributed by atoms with E-state index in [0.29, 0.717) is 33.1 Å². The minimum atomic E-state index is -0.575. The van der Waals surface area contributed by atoms with Crippen molar-refractivity contribution in [2.45, 2.75) is 27.7 Å². The fourth-order valence-electron chi connectivity index (χ4n) is 2.92. The molecule has 0 atom stereocenters. The highest BCUT2D eigenvalue weighted by Gasteiger charge is 2.23. The average Bonchev–Trinajstić information content (AvgIpc) is 3.31. The molecule has 27 heavy (non-hydrogen) atoms. The highest BCUT2D eigenvalue weighted by molar-refractivity contribution is 7.22. The molecule has 0 aromatic carbocycles. The van der Waals surface area contributed by atoms with Gasteiger partial charge in [0.05, 0.1) is 16.3 Å². The van der Waals surface area contributed by atoms with Crippen molar-refractivity contribution >= 4 is 40.2 Å². The number of ketones is 2. The van der Waals surface area contributed by atoms with E-state index in [0.717, 1.165) is 9.88 Å². The second-order valence-corrected chi connectivity index (χ2v) is 8.04. The quantitative estimate of drug-likeness (QED) is 0.489. The van der Waals surface area contributed by atoms with Crippen molar-refractivity contribution in [3.05, 3.63) is 50.6 Å². The Bertz CT molecular complexity index is 1030. The van der Waals surface area contributed by atoms with E-state index in [-0.39, 0.29) is 11.6 Å². The minimum Gasteiger partial charge on any atom is -0.453 e. The third-order valence-corrected chi connectivity index (χ3v) is 6.29. The van der Waals surface area contributed by atoms with Gasteiger partial charge in [0.25, 0.3) is 0 Å². The van der Waals surface area contributed by atoms with Gasteiger partial charge in [0, 0.05) is 11.3 Å². The maximum atomic E-state index is 12.4. The van der Waals surface area contributed by atoms with Crippen LogP contribution in [0.1, 0.15) is 54.4 Å². The van der Waals surface area contributed by atoms with Gasteiger partial charge in [0.1, 0.15) is 9.88 Å². The Morgan fingerprint density at radius 3 is 2.56 bits per heavy atom. The van der Waals surface area contributed by atoms with Crippen molar-refractivity contribution in [1.29, 1.82) is 0 Å². The molecule has 3 aromatic heterocycles. The number of carbonyl (C=O) groups is 3. The van der Waals surface area contributed by atoms with E-state index in [1.54, 1.807) is 32.1 Å². The SMILES string of the molecule is CC(=O)c1c(C)[nH]c(C(=O)COC(=O)c2sc(-c3cccs3)nc2C)c1C. The topological polar surface area (TPSA) is 89.1 Å². The third-order valence-electron chi connectivity index (χ3n) is 4.12. The Kier molecular flexibility index (Phi) is 5.38. The number of aromatic amines is 1. The first-order valence-corrected chi connectivity index (χ1v) is 9.91. The van der Waals surface area contributed by atoms with Crippen LogP contribution in [-0.4, -0.2) is 34.1 Å². The fraction of sp³-hybridized carbons (Fsp3) is 0.263. The van der Waals surface area contributed by atoms with Gasteiger partial charge in [-0.15, -0.1) is 22.7 Å². The van der Waals surface area contributed by atoms with Crippen LogP contribution < -0.4 is 0 Å². The van der Waals surface area contributed by atoms with E-state index in [4.69, 9.17) is 4.74 Å². The molecule has 6 nitrogen and oxygen atoms in total. The number of esters is 1. The highest BCUT2D eigenvalue weighted by Crippen LogP contribution is 2.31. The molecule has 0 aliphatic carbocycles. The zero-order valence-electron chi connectivity index (χ0n) is 15.3. The van der Waals surface area contributed by atoms with Gasteiger partial charge < -0.3 is 9.72 Å². The highest BCUT2D eigenvalue weighted by atomic mass is 32.1. The van der Waals surface area contributed by atoms with Gasteiger partial charge in [-0.2, -0.15) is 0 Å². The van der Waals surface area contributed by atoms with E-state index in [2.05, 4.69) is 9.97 Å². The number of Topliss-reactive ketones (excluding diaryl/α,β-unsaturated/α-hetero) is 2. The molecule has 0 spiro atoms. The molecule has 0 saturated carbocycles. The number of nitrogens with one attached hydrogen (secondary N) is 1. The number of carbonyl (C=O) groups excluding carboxylic acids is 3. The molecule has 3 rings (SSSR count). The summed E-state index contributed by atoms with van der Waals surface area (Å²) < 4.78 is 5.20. The molecule has 8 heteroatoms. The van der Waals surface area contributed by atoms with Gasteiger partial charge in [-0.1, -0.05) is 6.07 Å². The van der Waals surface area contributed by atoms with E-state index >= 15 is 0 Å². The summed E-state index contributed by atoms with van der Waals surface area (Å²) in [6, 6.07) is 3.86. The van der Waals surface area contributed by atoms with Crippen molar-refractivity contribution in [2.75, 3.05) is 6.61 Å².